The Kier molecular flexibility index (Phi) is 5.88. The average Bonchev–Trinajstić information content (AvgIpc) is 2.78. The number of nitriles is 3. The third-order valence-corrected chi connectivity index (χ3v) is 5.74. The van der Waals surface area contributed by atoms with Gasteiger partial charge in [-0.1, -0.05) is 24.3 Å². The SMILES string of the molecule is CCOC(=O)N1CC=C2[C@H](C1)[C@@H](c1cccc(C(F)(F)F)c1)C(C#N)=C(N)C2(C#N)C#N. The van der Waals surface area contributed by atoms with Gasteiger partial charge in [-0.15, -0.1) is 0 Å². The van der Waals surface area contributed by atoms with Crippen molar-refractivity contribution >= 4 is 6.09 Å². The molecule has 0 saturated carbocycles. The second-order valence-corrected chi connectivity index (χ2v) is 7.38. The van der Waals surface area contributed by atoms with E-state index in [4.69, 9.17) is 10.5 Å². The number of carbonyl (C=O) groups excluding carboxylic acids is 1. The molecular formula is C22H18F3N5O2. The Morgan fingerprint density at radius 2 is 2.00 bits per heavy atom. The molecule has 0 radical (unpaired) electrons. The number of alkyl halides is 3. The van der Waals surface area contributed by atoms with Gasteiger partial charge < -0.3 is 15.4 Å². The Morgan fingerprint density at radius 1 is 1.31 bits per heavy atom. The van der Waals surface area contributed by atoms with Crippen LogP contribution in [0.2, 0.25) is 0 Å². The standard InChI is InChI=1S/C22H18F3N5O2/c1-2-32-20(31)30-7-6-17-16(10-30)18(13-4-3-5-14(8-13)22(23,24)25)15(9-26)19(29)21(17,11-27)12-28/h3-6,8,16,18H,2,7,10,29H2,1H3/t16-,18-/m0/s1. The minimum atomic E-state index is -4.61. The van der Waals surface area contributed by atoms with E-state index in [0.29, 0.717) is 0 Å². The summed E-state index contributed by atoms with van der Waals surface area (Å²) in [6.07, 6.45) is -3.76. The number of nitrogens with zero attached hydrogens (tertiary/aromatic N) is 4. The summed E-state index contributed by atoms with van der Waals surface area (Å²) in [7, 11) is 0. The number of rotatable bonds is 2. The van der Waals surface area contributed by atoms with Crippen LogP contribution in [0, 0.1) is 45.3 Å². The summed E-state index contributed by atoms with van der Waals surface area (Å²) in [5.74, 6) is -1.81. The molecule has 2 aliphatic rings. The molecule has 1 heterocycles. The molecule has 0 bridgehead atoms. The number of hydrogen-bond donors (Lipinski definition) is 1. The van der Waals surface area contributed by atoms with Crippen LogP contribution in [0.4, 0.5) is 18.0 Å². The molecule has 7 nitrogen and oxygen atoms in total. The van der Waals surface area contributed by atoms with Crippen LogP contribution in [0.5, 0.6) is 0 Å². The lowest BCUT2D eigenvalue weighted by Crippen LogP contribution is -2.48. The van der Waals surface area contributed by atoms with Gasteiger partial charge in [0.05, 0.1) is 41.6 Å². The van der Waals surface area contributed by atoms with Gasteiger partial charge in [0, 0.05) is 24.9 Å². The smallest absolute Gasteiger partial charge is 0.416 e. The summed E-state index contributed by atoms with van der Waals surface area (Å²) in [6.45, 7) is 1.71. The second-order valence-electron chi connectivity index (χ2n) is 7.38. The first-order valence-corrected chi connectivity index (χ1v) is 9.66. The first-order chi connectivity index (χ1) is 15.1. The molecule has 0 fully saturated rings. The highest BCUT2D eigenvalue weighted by atomic mass is 19.4. The molecule has 1 aliphatic heterocycles. The number of amides is 1. The fraction of sp³-hybridized carbons (Fsp3) is 0.364. The van der Waals surface area contributed by atoms with Crippen LogP contribution in [-0.2, 0) is 10.9 Å². The average molecular weight is 441 g/mol. The molecule has 1 aliphatic carbocycles. The normalized spacial score (nSPS) is 22.0. The Hall–Kier alpha value is -3.97. The van der Waals surface area contributed by atoms with Gasteiger partial charge in [-0.05, 0) is 24.1 Å². The first-order valence-electron chi connectivity index (χ1n) is 9.66. The number of halogens is 3. The summed E-state index contributed by atoms with van der Waals surface area (Å²) < 4.78 is 45.0. The maximum absolute atomic E-state index is 13.3. The van der Waals surface area contributed by atoms with Crippen molar-refractivity contribution in [1.82, 2.24) is 4.90 Å². The number of carbonyl (C=O) groups is 1. The van der Waals surface area contributed by atoms with Crippen LogP contribution in [0.1, 0.15) is 24.0 Å². The highest BCUT2D eigenvalue weighted by Crippen LogP contribution is 2.53. The summed E-state index contributed by atoms with van der Waals surface area (Å²) in [5, 5.41) is 29.5. The molecule has 164 valence electrons. The van der Waals surface area contributed by atoms with E-state index in [0.717, 1.165) is 12.1 Å². The van der Waals surface area contributed by atoms with E-state index in [9.17, 15) is 33.8 Å². The number of fused-ring (bicyclic) bond motifs is 1. The van der Waals surface area contributed by atoms with Gasteiger partial charge in [0.1, 0.15) is 0 Å². The maximum atomic E-state index is 13.3. The maximum Gasteiger partial charge on any atom is 0.416 e. The van der Waals surface area contributed by atoms with E-state index >= 15 is 0 Å². The molecular weight excluding hydrogens is 423 g/mol. The molecule has 1 aromatic carbocycles. The molecule has 1 aromatic rings. The third kappa shape index (κ3) is 3.52. The van der Waals surface area contributed by atoms with Gasteiger partial charge >= 0.3 is 12.3 Å². The fourth-order valence-electron chi connectivity index (χ4n) is 4.29. The van der Waals surface area contributed by atoms with E-state index in [1.54, 1.807) is 6.92 Å². The lowest BCUT2D eigenvalue weighted by atomic mass is 9.60. The molecule has 0 saturated heterocycles. The van der Waals surface area contributed by atoms with Gasteiger partial charge in [-0.25, -0.2) is 4.79 Å². The summed E-state index contributed by atoms with van der Waals surface area (Å²) >= 11 is 0. The second kappa shape index (κ2) is 8.28. The highest BCUT2D eigenvalue weighted by Gasteiger charge is 2.53. The first kappa shape index (κ1) is 22.7. The molecule has 10 heteroatoms. The lowest BCUT2D eigenvalue weighted by Gasteiger charge is -2.44. The van der Waals surface area contributed by atoms with E-state index < -0.39 is 35.1 Å². The predicted octanol–water partition coefficient (Wildman–Crippen LogP) is 3.59. The Balaban J connectivity index is 2.25. The predicted molar refractivity (Wildman–Crippen MR) is 105 cm³/mol. The number of hydrogen-bond acceptors (Lipinski definition) is 6. The van der Waals surface area contributed by atoms with Crippen LogP contribution in [-0.4, -0.2) is 30.7 Å². The van der Waals surface area contributed by atoms with Crippen LogP contribution >= 0.6 is 0 Å². The molecule has 2 atom stereocenters. The summed E-state index contributed by atoms with van der Waals surface area (Å²) in [4.78, 5) is 13.6. The Labute approximate surface area is 182 Å². The lowest BCUT2D eigenvalue weighted by molar-refractivity contribution is -0.137. The monoisotopic (exact) mass is 441 g/mol. The third-order valence-electron chi connectivity index (χ3n) is 5.74. The topological polar surface area (TPSA) is 127 Å². The molecule has 1 amide bonds. The largest absolute Gasteiger partial charge is 0.450 e. The van der Waals surface area contributed by atoms with Crippen molar-refractivity contribution in [2.24, 2.45) is 17.1 Å². The van der Waals surface area contributed by atoms with E-state index in [1.807, 2.05) is 18.2 Å². The van der Waals surface area contributed by atoms with Crippen molar-refractivity contribution in [2.75, 3.05) is 19.7 Å². The minimum absolute atomic E-state index is 0.0280. The van der Waals surface area contributed by atoms with Crippen LogP contribution in [0.25, 0.3) is 0 Å². The van der Waals surface area contributed by atoms with Crippen LogP contribution in [0.3, 0.4) is 0 Å². The van der Waals surface area contributed by atoms with Crippen molar-refractivity contribution in [1.29, 1.82) is 15.8 Å². The number of nitrogens with two attached hydrogens (primary N) is 1. The van der Waals surface area contributed by atoms with E-state index in [1.165, 1.54) is 23.1 Å². The molecule has 0 unspecified atom stereocenters. The van der Waals surface area contributed by atoms with Gasteiger partial charge in [0.25, 0.3) is 0 Å². The molecule has 0 spiro atoms. The number of benzene rings is 1. The quantitative estimate of drug-likeness (QED) is 0.699. The molecule has 32 heavy (non-hydrogen) atoms. The van der Waals surface area contributed by atoms with E-state index in [-0.39, 0.29) is 42.1 Å². The van der Waals surface area contributed by atoms with Crippen LogP contribution < -0.4 is 5.73 Å². The zero-order valence-electron chi connectivity index (χ0n) is 17.0. The van der Waals surface area contributed by atoms with Gasteiger partial charge in [-0.2, -0.15) is 29.0 Å². The van der Waals surface area contributed by atoms with Gasteiger partial charge in [0.2, 0.25) is 5.41 Å². The molecule has 0 aromatic heterocycles. The Morgan fingerprint density at radius 3 is 2.56 bits per heavy atom. The summed E-state index contributed by atoms with van der Waals surface area (Å²) in [5.41, 5.74) is 3.21. The molecule has 2 N–H and O–H groups in total. The zero-order chi connectivity index (χ0) is 23.7. The minimum Gasteiger partial charge on any atom is -0.450 e. The fourth-order valence-corrected chi connectivity index (χ4v) is 4.29. The summed E-state index contributed by atoms with van der Waals surface area (Å²) in [6, 6.07) is 10.1. The number of allylic oxidation sites excluding steroid dienone is 2. The van der Waals surface area contributed by atoms with Crippen LogP contribution in [0.15, 0.2) is 47.2 Å². The van der Waals surface area contributed by atoms with Gasteiger partial charge in [-0.3, -0.25) is 0 Å². The van der Waals surface area contributed by atoms with Crippen molar-refractivity contribution < 1.29 is 22.7 Å². The Bertz CT molecular complexity index is 1120. The van der Waals surface area contributed by atoms with Crippen molar-refractivity contribution in [3.63, 3.8) is 0 Å². The van der Waals surface area contributed by atoms with Gasteiger partial charge in [0.15, 0.2) is 0 Å². The van der Waals surface area contributed by atoms with Crippen molar-refractivity contribution in [3.05, 3.63) is 58.3 Å². The van der Waals surface area contributed by atoms with E-state index in [2.05, 4.69) is 0 Å². The highest BCUT2D eigenvalue weighted by molar-refractivity contribution is 5.69. The molecule has 3 rings (SSSR count). The zero-order valence-corrected chi connectivity index (χ0v) is 17.0. The number of ether oxygens (including phenoxy) is 1. The van der Waals surface area contributed by atoms with Crippen molar-refractivity contribution in [2.45, 2.75) is 19.0 Å². The van der Waals surface area contributed by atoms with Crippen molar-refractivity contribution in [3.8, 4) is 18.2 Å².